The van der Waals surface area contributed by atoms with Gasteiger partial charge in [0.25, 0.3) is 0 Å². The summed E-state index contributed by atoms with van der Waals surface area (Å²) in [7, 11) is 4.88. The van der Waals surface area contributed by atoms with Crippen molar-refractivity contribution in [3.8, 4) is 0 Å². The van der Waals surface area contributed by atoms with Gasteiger partial charge in [-0.05, 0) is 7.05 Å². The first-order chi connectivity index (χ1) is 4.68. The van der Waals surface area contributed by atoms with Crippen molar-refractivity contribution >= 4 is 81.6 Å². The Morgan fingerprint density at radius 3 is 1.45 bits per heavy atom. The standard InChI is InChI=1S/C3H7NO.CH5N.3HI.Pb/c1-4(2)3-5;1-2;;;;/h3H,1-2H3;2H2,1H3;3*1H;/q;;;;;+2/p-2. The van der Waals surface area contributed by atoms with Crippen molar-refractivity contribution in [2.75, 3.05) is 21.1 Å². The van der Waals surface area contributed by atoms with Gasteiger partial charge in [0.15, 0.2) is 0 Å². The second kappa shape index (κ2) is 29.4. The maximum atomic E-state index is 9.43. The number of rotatable bonds is 1. The van der Waals surface area contributed by atoms with Gasteiger partial charge in [-0.25, -0.2) is 0 Å². The van der Waals surface area contributed by atoms with Gasteiger partial charge >= 0.3 is 51.2 Å². The van der Waals surface area contributed by atoms with Crippen LogP contribution in [-0.4, -0.2) is 48.1 Å². The molecular formula is C4H13I3N2OPb. The van der Waals surface area contributed by atoms with Crippen molar-refractivity contribution in [3.63, 3.8) is 0 Å². The summed E-state index contributed by atoms with van der Waals surface area (Å²) in [5.74, 6) is 0. The fraction of sp³-hybridized carbons (Fsp3) is 0.750. The fourth-order valence-electron chi connectivity index (χ4n) is 0. The van der Waals surface area contributed by atoms with Crippen LogP contribution in [0.3, 0.4) is 0 Å². The van der Waals surface area contributed by atoms with Crippen LogP contribution >= 0.6 is 59.5 Å². The van der Waals surface area contributed by atoms with Gasteiger partial charge in [0.05, 0.1) is 0 Å². The van der Waals surface area contributed by atoms with E-state index in [1.807, 2.05) is 0 Å². The first-order valence-electron chi connectivity index (χ1n) is 2.34. The van der Waals surface area contributed by atoms with Gasteiger partial charge in [-0.1, -0.05) is 0 Å². The molecule has 3 nitrogen and oxygen atoms in total. The van der Waals surface area contributed by atoms with Crippen molar-refractivity contribution in [3.05, 3.63) is 0 Å². The summed E-state index contributed by atoms with van der Waals surface area (Å²) in [4.78, 5) is 10.9. The number of hydrogen-bond donors (Lipinski definition) is 1. The molecule has 0 aliphatic heterocycles. The summed E-state index contributed by atoms with van der Waals surface area (Å²) < 4.78 is 0. The summed E-state index contributed by atoms with van der Waals surface area (Å²) in [6.45, 7) is 0. The zero-order valence-corrected chi connectivity index (χ0v) is 17.2. The van der Waals surface area contributed by atoms with Crippen molar-refractivity contribution in [2.24, 2.45) is 5.73 Å². The maximum absolute atomic E-state index is 9.43. The van der Waals surface area contributed by atoms with Crippen LogP contribution in [0.15, 0.2) is 0 Å². The van der Waals surface area contributed by atoms with E-state index in [0.29, 0.717) is 0 Å². The van der Waals surface area contributed by atoms with Crippen LogP contribution in [0, 0.1) is 0 Å². The Balaban J connectivity index is -0.0000000360. The molecule has 0 rings (SSSR count). The third-order valence-corrected chi connectivity index (χ3v) is 0.211. The van der Waals surface area contributed by atoms with Crippen LogP contribution in [-0.2, 0) is 4.79 Å². The van der Waals surface area contributed by atoms with E-state index in [1.54, 1.807) is 14.1 Å². The van der Waals surface area contributed by atoms with Crippen LogP contribution in [0.2, 0.25) is 0 Å². The molecule has 0 aliphatic carbocycles. The Hall–Kier alpha value is 2.54. The van der Waals surface area contributed by atoms with E-state index in [4.69, 9.17) is 0 Å². The average molecular weight is 693 g/mol. The van der Waals surface area contributed by atoms with E-state index < -0.39 is 0 Å². The molecular weight excluding hydrogens is 680 g/mol. The Labute approximate surface area is 116 Å². The minimum atomic E-state index is 0. The molecule has 0 aromatic rings. The molecule has 0 aliphatic rings. The quantitative estimate of drug-likeness (QED) is 0.256. The summed E-state index contributed by atoms with van der Waals surface area (Å²) in [5, 5.41) is 0. The average Bonchev–Trinajstić information content (AvgIpc) is 1.94. The van der Waals surface area contributed by atoms with Gasteiger partial charge in [-0.3, -0.25) is 4.79 Å². The summed E-state index contributed by atoms with van der Waals surface area (Å²) >= 11 is 4.96. The topological polar surface area (TPSA) is 46.3 Å². The first kappa shape index (κ1) is 23.4. The molecule has 1 amide bonds. The van der Waals surface area contributed by atoms with E-state index >= 15 is 0 Å². The van der Waals surface area contributed by atoms with Gasteiger partial charge in [0, 0.05) is 14.1 Å². The second-order valence-corrected chi connectivity index (χ2v) is 29.3. The SMILES string of the molecule is CN.CN(C)C=O.I.[I][Pb][I]. The number of carbonyl (C=O) groups is 1. The molecule has 0 saturated carbocycles. The van der Waals surface area contributed by atoms with Crippen LogP contribution < -0.4 is 5.73 Å². The molecule has 0 atom stereocenters. The van der Waals surface area contributed by atoms with E-state index in [9.17, 15) is 4.79 Å². The molecule has 2 radical (unpaired) electrons. The molecule has 70 valence electrons. The second-order valence-electron chi connectivity index (χ2n) is 1.14. The summed E-state index contributed by atoms with van der Waals surface area (Å²) in [6, 6.07) is 0. The van der Waals surface area contributed by atoms with Crippen LogP contribution in [0.5, 0.6) is 0 Å². The Morgan fingerprint density at radius 1 is 1.36 bits per heavy atom. The van der Waals surface area contributed by atoms with Crippen molar-refractivity contribution in [2.45, 2.75) is 0 Å². The molecule has 0 saturated heterocycles. The monoisotopic (exact) mass is 694 g/mol. The fourth-order valence-corrected chi connectivity index (χ4v) is 0. The minimum absolute atomic E-state index is 0. The molecule has 0 heterocycles. The molecule has 0 unspecified atom stereocenters. The third kappa shape index (κ3) is 67.6. The van der Waals surface area contributed by atoms with E-state index in [2.05, 4.69) is 41.3 Å². The Morgan fingerprint density at radius 2 is 1.45 bits per heavy atom. The summed E-state index contributed by atoms with van der Waals surface area (Å²) in [5.41, 5.74) is 4.50. The van der Waals surface area contributed by atoms with Crippen LogP contribution in [0.4, 0.5) is 0 Å². The van der Waals surface area contributed by atoms with Crippen molar-refractivity contribution in [1.82, 2.24) is 4.90 Å². The Kier molecular flexibility index (Phi) is 62.5. The van der Waals surface area contributed by atoms with Gasteiger partial charge < -0.3 is 10.6 Å². The normalized spacial score (nSPS) is 5.27. The number of amides is 1. The predicted octanol–water partition coefficient (Wildman–Crippen LogP) is 1.29. The molecule has 0 bridgehead atoms. The first-order valence-corrected chi connectivity index (χ1v) is 24.2. The molecule has 11 heavy (non-hydrogen) atoms. The van der Waals surface area contributed by atoms with E-state index in [1.165, 1.54) is 11.9 Å². The van der Waals surface area contributed by atoms with Crippen molar-refractivity contribution < 1.29 is 4.79 Å². The predicted molar refractivity (Wildman–Crippen MR) is 79.1 cm³/mol. The molecule has 2 N–H and O–H groups in total. The molecule has 0 fully saturated rings. The Bertz CT molecular complexity index is 58.6. The van der Waals surface area contributed by atoms with Gasteiger partial charge in [-0.2, -0.15) is 0 Å². The van der Waals surface area contributed by atoms with E-state index in [0.717, 1.165) is 6.41 Å². The zero-order valence-electron chi connectivity index (χ0n) is 6.67. The number of nitrogens with two attached hydrogens (primary N) is 1. The third-order valence-electron chi connectivity index (χ3n) is 0.211. The summed E-state index contributed by atoms with van der Waals surface area (Å²) in [6.07, 6.45) is 0.750. The number of carbonyl (C=O) groups excluding carboxylic acids is 1. The van der Waals surface area contributed by atoms with E-state index in [-0.39, 0.29) is 39.6 Å². The molecule has 0 spiro atoms. The van der Waals surface area contributed by atoms with Crippen LogP contribution in [0.25, 0.3) is 0 Å². The molecule has 7 heteroatoms. The van der Waals surface area contributed by atoms with Gasteiger partial charge in [0.2, 0.25) is 6.41 Å². The number of hydrogen-bond acceptors (Lipinski definition) is 2. The van der Waals surface area contributed by atoms with Gasteiger partial charge in [-0.15, -0.1) is 24.0 Å². The molecule has 0 aromatic heterocycles. The number of nitrogens with zero attached hydrogens (tertiary/aromatic N) is 1. The number of halogens is 3. The zero-order chi connectivity index (χ0) is 8.99. The van der Waals surface area contributed by atoms with Crippen LogP contribution in [0.1, 0.15) is 0 Å². The van der Waals surface area contributed by atoms with Gasteiger partial charge in [0.1, 0.15) is 0 Å². The van der Waals surface area contributed by atoms with Crippen molar-refractivity contribution in [1.29, 1.82) is 0 Å². The molecule has 0 aromatic carbocycles.